The lowest BCUT2D eigenvalue weighted by molar-refractivity contribution is -0.143. The van der Waals surface area contributed by atoms with Crippen LogP contribution in [0.2, 0.25) is 0 Å². The summed E-state index contributed by atoms with van der Waals surface area (Å²) in [6.45, 7) is 2.92. The van der Waals surface area contributed by atoms with E-state index in [4.69, 9.17) is 10.5 Å². The number of hydrogen-bond donors (Lipinski definition) is 3. The second kappa shape index (κ2) is 6.33. The van der Waals surface area contributed by atoms with Crippen LogP contribution in [-0.2, 0) is 14.3 Å². The molecule has 1 aliphatic rings. The molecule has 86 valence electrons. The number of rotatable bonds is 3. The molecule has 1 saturated heterocycles. The molecule has 0 aromatic rings. The molecule has 1 fully saturated rings. The van der Waals surface area contributed by atoms with Gasteiger partial charge in [-0.05, 0) is 0 Å². The van der Waals surface area contributed by atoms with E-state index in [1.165, 1.54) is 0 Å². The molecule has 1 rings (SSSR count). The van der Waals surface area contributed by atoms with E-state index in [0.717, 1.165) is 0 Å². The number of nitrogens with two attached hydrogens (primary N) is 1. The second-order valence-corrected chi connectivity index (χ2v) is 3.08. The molecule has 0 saturated carbocycles. The van der Waals surface area contributed by atoms with E-state index in [1.54, 1.807) is 5.01 Å². The van der Waals surface area contributed by atoms with Crippen molar-refractivity contribution in [2.45, 2.75) is 0 Å². The van der Waals surface area contributed by atoms with Gasteiger partial charge in [-0.1, -0.05) is 0 Å². The summed E-state index contributed by atoms with van der Waals surface area (Å²) in [7, 11) is 0. The largest absolute Gasteiger partial charge is 0.379 e. The molecule has 0 atom stereocenters. The first-order valence-electron chi connectivity index (χ1n) is 4.85. The number of hydrazine groups is 1. The second-order valence-electron chi connectivity index (χ2n) is 3.08. The Hall–Kier alpha value is -1.18. The Morgan fingerprint density at radius 3 is 2.53 bits per heavy atom. The fourth-order valence-corrected chi connectivity index (χ4v) is 1.14. The number of nitrogens with zero attached hydrogens (tertiary/aromatic N) is 1. The summed E-state index contributed by atoms with van der Waals surface area (Å²) in [5.41, 5.74) is 7.68. The zero-order valence-corrected chi connectivity index (χ0v) is 8.49. The molecule has 7 heteroatoms. The van der Waals surface area contributed by atoms with Crippen LogP contribution in [0.5, 0.6) is 0 Å². The highest BCUT2D eigenvalue weighted by molar-refractivity contribution is 6.34. The summed E-state index contributed by atoms with van der Waals surface area (Å²) < 4.78 is 5.10. The highest BCUT2D eigenvalue weighted by Crippen LogP contribution is 1.91. The van der Waals surface area contributed by atoms with Crippen LogP contribution in [0.25, 0.3) is 0 Å². The molecule has 2 amide bonds. The van der Waals surface area contributed by atoms with Crippen molar-refractivity contribution in [3.63, 3.8) is 0 Å². The Morgan fingerprint density at radius 2 is 1.93 bits per heavy atom. The highest BCUT2D eigenvalue weighted by Gasteiger charge is 2.17. The van der Waals surface area contributed by atoms with Crippen molar-refractivity contribution in [2.24, 2.45) is 5.73 Å². The van der Waals surface area contributed by atoms with Crippen molar-refractivity contribution >= 4 is 11.8 Å². The molecule has 15 heavy (non-hydrogen) atoms. The van der Waals surface area contributed by atoms with Crippen molar-refractivity contribution in [3.8, 4) is 0 Å². The number of amides is 2. The minimum Gasteiger partial charge on any atom is -0.379 e. The van der Waals surface area contributed by atoms with Gasteiger partial charge in [-0.15, -0.1) is 0 Å². The zero-order valence-electron chi connectivity index (χ0n) is 8.49. The van der Waals surface area contributed by atoms with Gasteiger partial charge in [0, 0.05) is 26.2 Å². The number of morpholine rings is 1. The van der Waals surface area contributed by atoms with Gasteiger partial charge < -0.3 is 15.8 Å². The fraction of sp³-hybridized carbons (Fsp3) is 0.750. The molecule has 0 unspecified atom stereocenters. The van der Waals surface area contributed by atoms with Crippen LogP contribution in [0.3, 0.4) is 0 Å². The summed E-state index contributed by atoms with van der Waals surface area (Å²) in [5.74, 6) is -1.32. The van der Waals surface area contributed by atoms with Crippen LogP contribution in [0, 0.1) is 0 Å². The zero-order chi connectivity index (χ0) is 11.1. The molecule has 0 aromatic carbocycles. The number of nitrogens with one attached hydrogen (secondary N) is 2. The van der Waals surface area contributed by atoms with Crippen LogP contribution in [0.15, 0.2) is 0 Å². The van der Waals surface area contributed by atoms with E-state index >= 15 is 0 Å². The summed E-state index contributed by atoms with van der Waals surface area (Å²) in [6, 6.07) is 0. The minimum atomic E-state index is -0.662. The third-order valence-electron chi connectivity index (χ3n) is 1.91. The van der Waals surface area contributed by atoms with Gasteiger partial charge in [0.15, 0.2) is 0 Å². The SMILES string of the molecule is NCCNC(=O)C(=O)NN1CCOCC1. The van der Waals surface area contributed by atoms with Crippen LogP contribution < -0.4 is 16.5 Å². The first-order chi connectivity index (χ1) is 7.24. The predicted molar refractivity (Wildman–Crippen MR) is 52.6 cm³/mol. The van der Waals surface area contributed by atoms with Gasteiger partial charge in [-0.2, -0.15) is 0 Å². The topological polar surface area (TPSA) is 96.7 Å². The summed E-state index contributed by atoms with van der Waals surface area (Å²) >= 11 is 0. The third kappa shape index (κ3) is 4.24. The quantitative estimate of drug-likeness (QED) is 0.450. The van der Waals surface area contributed by atoms with Crippen LogP contribution in [-0.4, -0.2) is 56.2 Å². The Kier molecular flexibility index (Phi) is 5.02. The van der Waals surface area contributed by atoms with Gasteiger partial charge in [0.2, 0.25) is 0 Å². The normalized spacial score (nSPS) is 17.1. The lowest BCUT2D eigenvalue weighted by atomic mass is 10.5. The molecular weight excluding hydrogens is 200 g/mol. The van der Waals surface area contributed by atoms with Crippen molar-refractivity contribution in [3.05, 3.63) is 0 Å². The molecule has 0 radical (unpaired) electrons. The summed E-state index contributed by atoms with van der Waals surface area (Å²) in [4.78, 5) is 22.4. The lowest BCUT2D eigenvalue weighted by Gasteiger charge is -2.26. The third-order valence-corrected chi connectivity index (χ3v) is 1.91. The molecule has 0 bridgehead atoms. The molecular formula is C8H16N4O3. The first kappa shape index (κ1) is 11.9. The van der Waals surface area contributed by atoms with Crippen molar-refractivity contribution in [2.75, 3.05) is 39.4 Å². The average Bonchev–Trinajstić information content (AvgIpc) is 2.27. The monoisotopic (exact) mass is 216 g/mol. The minimum absolute atomic E-state index is 0.301. The number of carbonyl (C=O) groups is 2. The van der Waals surface area contributed by atoms with Gasteiger partial charge in [-0.3, -0.25) is 15.0 Å². The number of ether oxygens (including phenoxy) is 1. The highest BCUT2D eigenvalue weighted by atomic mass is 16.5. The van der Waals surface area contributed by atoms with E-state index in [1.807, 2.05) is 0 Å². The Morgan fingerprint density at radius 1 is 1.27 bits per heavy atom. The van der Waals surface area contributed by atoms with E-state index in [9.17, 15) is 9.59 Å². The van der Waals surface area contributed by atoms with Gasteiger partial charge in [-0.25, -0.2) is 5.01 Å². The van der Waals surface area contributed by atoms with Crippen LogP contribution in [0.1, 0.15) is 0 Å². The fourth-order valence-electron chi connectivity index (χ4n) is 1.14. The maximum atomic E-state index is 11.3. The van der Waals surface area contributed by atoms with Crippen molar-refractivity contribution in [1.29, 1.82) is 0 Å². The Labute approximate surface area is 87.9 Å². The molecule has 0 aromatic heterocycles. The molecule has 7 nitrogen and oxygen atoms in total. The molecule has 0 aliphatic carbocycles. The summed E-state index contributed by atoms with van der Waals surface area (Å²) in [6.07, 6.45) is 0. The van der Waals surface area contributed by atoms with E-state index in [2.05, 4.69) is 10.7 Å². The van der Waals surface area contributed by atoms with Gasteiger partial charge in [0.25, 0.3) is 0 Å². The van der Waals surface area contributed by atoms with Gasteiger partial charge >= 0.3 is 11.8 Å². The van der Waals surface area contributed by atoms with Crippen LogP contribution >= 0.6 is 0 Å². The van der Waals surface area contributed by atoms with Crippen molar-refractivity contribution < 1.29 is 14.3 Å². The van der Waals surface area contributed by atoms with Crippen molar-refractivity contribution in [1.82, 2.24) is 15.8 Å². The Bertz CT molecular complexity index is 228. The molecule has 1 aliphatic heterocycles. The molecule has 4 N–H and O–H groups in total. The lowest BCUT2D eigenvalue weighted by Crippen LogP contribution is -2.52. The molecule has 0 spiro atoms. The maximum Gasteiger partial charge on any atom is 0.323 e. The van der Waals surface area contributed by atoms with Gasteiger partial charge in [0.05, 0.1) is 13.2 Å². The van der Waals surface area contributed by atoms with Crippen LogP contribution in [0.4, 0.5) is 0 Å². The van der Waals surface area contributed by atoms with E-state index < -0.39 is 11.8 Å². The smallest absolute Gasteiger partial charge is 0.323 e. The number of hydrogen-bond acceptors (Lipinski definition) is 5. The average molecular weight is 216 g/mol. The summed E-state index contributed by atoms with van der Waals surface area (Å²) in [5, 5.41) is 4.05. The van der Waals surface area contributed by atoms with E-state index in [-0.39, 0.29) is 0 Å². The predicted octanol–water partition coefficient (Wildman–Crippen LogP) is -2.58. The standard InChI is InChI=1S/C8H16N4O3/c9-1-2-10-7(13)8(14)11-12-3-5-15-6-4-12/h1-6,9H2,(H,10,13)(H,11,14). The number of carbonyl (C=O) groups excluding carboxylic acids is 2. The first-order valence-corrected chi connectivity index (χ1v) is 4.85. The molecule has 1 heterocycles. The van der Waals surface area contributed by atoms with E-state index in [0.29, 0.717) is 39.4 Å². The van der Waals surface area contributed by atoms with Gasteiger partial charge in [0.1, 0.15) is 0 Å². The Balaban J connectivity index is 2.24. The maximum absolute atomic E-state index is 11.3.